The van der Waals surface area contributed by atoms with Gasteiger partial charge in [0.1, 0.15) is 18.2 Å². The van der Waals surface area contributed by atoms with Gasteiger partial charge >= 0.3 is 0 Å². The molecular formula is C30H31N3O2. The largest absolute Gasteiger partial charge is 0.491 e. The maximum Gasteiger partial charge on any atom is 0.243 e. The van der Waals surface area contributed by atoms with Crippen LogP contribution in [0.5, 0.6) is 5.75 Å². The first-order chi connectivity index (χ1) is 17.2. The van der Waals surface area contributed by atoms with E-state index in [0.29, 0.717) is 19.7 Å². The molecule has 0 aliphatic carbocycles. The van der Waals surface area contributed by atoms with Crippen LogP contribution in [-0.4, -0.2) is 28.6 Å². The number of aryl methyl sites for hydroxylation is 1. The van der Waals surface area contributed by atoms with Gasteiger partial charge in [0, 0.05) is 19.0 Å². The summed E-state index contributed by atoms with van der Waals surface area (Å²) >= 11 is 0. The van der Waals surface area contributed by atoms with E-state index in [4.69, 9.17) is 9.72 Å². The number of ether oxygens (including phenoxy) is 1. The number of nitrogens with zero attached hydrogens (tertiary/aromatic N) is 2. The number of fused-ring (bicyclic) bond motifs is 1. The number of amides is 1. The maximum absolute atomic E-state index is 12.1. The Bertz CT molecular complexity index is 1290. The number of carbonyl (C=O) groups is 1. The number of imidazole rings is 1. The Kier molecular flexibility index (Phi) is 8.49. The third-order valence-electron chi connectivity index (χ3n) is 5.75. The lowest BCUT2D eigenvalue weighted by Gasteiger charge is -2.13. The molecule has 1 amide bonds. The molecule has 4 rings (SSSR count). The predicted molar refractivity (Wildman–Crippen MR) is 142 cm³/mol. The molecule has 1 heterocycles. The van der Waals surface area contributed by atoms with Crippen molar-refractivity contribution in [3.63, 3.8) is 0 Å². The number of para-hydroxylation sites is 3. The van der Waals surface area contributed by atoms with Crippen molar-refractivity contribution < 1.29 is 9.53 Å². The van der Waals surface area contributed by atoms with Crippen LogP contribution in [0.2, 0.25) is 0 Å². The maximum atomic E-state index is 12.1. The summed E-state index contributed by atoms with van der Waals surface area (Å²) in [4.78, 5) is 17.0. The molecule has 1 aromatic heterocycles. The normalized spacial score (nSPS) is 11.1. The molecule has 0 saturated carbocycles. The Morgan fingerprint density at radius 3 is 2.63 bits per heavy atom. The van der Waals surface area contributed by atoms with E-state index in [-0.39, 0.29) is 5.91 Å². The number of rotatable bonds is 12. The number of aromatic nitrogens is 2. The molecular weight excluding hydrogens is 434 g/mol. The fourth-order valence-corrected chi connectivity index (χ4v) is 4.03. The lowest BCUT2D eigenvalue weighted by atomic mass is 10.1. The molecule has 5 nitrogen and oxygen atoms in total. The summed E-state index contributed by atoms with van der Waals surface area (Å²) < 4.78 is 8.35. The minimum atomic E-state index is -0.0889. The molecule has 1 N–H and O–H groups in total. The van der Waals surface area contributed by atoms with Crippen LogP contribution >= 0.6 is 0 Å². The van der Waals surface area contributed by atoms with Gasteiger partial charge in [0.2, 0.25) is 5.91 Å². The number of hydrogen-bond acceptors (Lipinski definition) is 3. The highest BCUT2D eigenvalue weighted by Crippen LogP contribution is 2.20. The second-order valence-electron chi connectivity index (χ2n) is 8.26. The van der Waals surface area contributed by atoms with Crippen LogP contribution < -0.4 is 10.1 Å². The Labute approximate surface area is 206 Å². The standard InChI is InChI=1S/C30H31N3O2/c1-2-11-25-14-6-9-17-28(25)35-23-22-33-27-16-8-7-15-26(27)32-29(33)18-10-21-31-30(34)20-19-24-12-4-3-5-13-24/h2-9,12-17,19-20H,1,10-11,18,21-23H2,(H,31,34)/b20-19-. The van der Waals surface area contributed by atoms with Crippen molar-refractivity contribution in [3.05, 3.63) is 115 Å². The summed E-state index contributed by atoms with van der Waals surface area (Å²) in [5, 5.41) is 2.96. The molecule has 0 radical (unpaired) electrons. The molecule has 3 aromatic carbocycles. The Hall–Kier alpha value is -4.12. The number of allylic oxidation sites excluding steroid dienone is 1. The lowest BCUT2D eigenvalue weighted by molar-refractivity contribution is -0.116. The van der Waals surface area contributed by atoms with Crippen molar-refractivity contribution in [1.29, 1.82) is 0 Å². The quantitative estimate of drug-likeness (QED) is 0.168. The minimum Gasteiger partial charge on any atom is -0.491 e. The van der Waals surface area contributed by atoms with Crippen LogP contribution in [0.25, 0.3) is 17.1 Å². The monoisotopic (exact) mass is 465 g/mol. The first-order valence-electron chi connectivity index (χ1n) is 12.0. The average molecular weight is 466 g/mol. The molecule has 5 heteroatoms. The molecule has 35 heavy (non-hydrogen) atoms. The Balaban J connectivity index is 1.34. The highest BCUT2D eigenvalue weighted by atomic mass is 16.5. The Morgan fingerprint density at radius 2 is 1.77 bits per heavy atom. The van der Waals surface area contributed by atoms with Gasteiger partial charge in [-0.05, 0) is 48.2 Å². The lowest BCUT2D eigenvalue weighted by Crippen LogP contribution is -2.23. The summed E-state index contributed by atoms with van der Waals surface area (Å²) in [6.07, 6.45) is 7.64. The first-order valence-corrected chi connectivity index (χ1v) is 12.0. The molecule has 0 spiro atoms. The van der Waals surface area contributed by atoms with Gasteiger partial charge in [-0.1, -0.05) is 66.7 Å². The van der Waals surface area contributed by atoms with Crippen LogP contribution in [0.4, 0.5) is 0 Å². The molecule has 0 fully saturated rings. The summed E-state index contributed by atoms with van der Waals surface area (Å²) in [7, 11) is 0. The summed E-state index contributed by atoms with van der Waals surface area (Å²) in [6, 6.07) is 26.0. The number of carbonyl (C=O) groups excluding carboxylic acids is 1. The number of benzene rings is 3. The highest BCUT2D eigenvalue weighted by Gasteiger charge is 2.11. The van der Waals surface area contributed by atoms with E-state index in [1.54, 1.807) is 6.08 Å². The number of nitrogens with one attached hydrogen (secondary N) is 1. The van der Waals surface area contributed by atoms with Gasteiger partial charge in [-0.2, -0.15) is 0 Å². The van der Waals surface area contributed by atoms with Crippen LogP contribution in [0.3, 0.4) is 0 Å². The summed E-state index contributed by atoms with van der Waals surface area (Å²) in [5.74, 6) is 1.81. The van der Waals surface area contributed by atoms with Crippen molar-refractivity contribution in [3.8, 4) is 5.75 Å². The van der Waals surface area contributed by atoms with E-state index in [1.165, 1.54) is 0 Å². The smallest absolute Gasteiger partial charge is 0.243 e. The summed E-state index contributed by atoms with van der Waals surface area (Å²) in [5.41, 5.74) is 4.21. The highest BCUT2D eigenvalue weighted by molar-refractivity contribution is 5.91. The van der Waals surface area contributed by atoms with E-state index < -0.39 is 0 Å². The second kappa shape index (κ2) is 12.4. The topological polar surface area (TPSA) is 56.1 Å². The van der Waals surface area contributed by atoms with Crippen LogP contribution in [0.1, 0.15) is 23.4 Å². The van der Waals surface area contributed by atoms with Gasteiger partial charge in [0.05, 0.1) is 17.6 Å². The zero-order valence-corrected chi connectivity index (χ0v) is 19.9. The van der Waals surface area contributed by atoms with Crippen molar-refractivity contribution in [2.24, 2.45) is 0 Å². The van der Waals surface area contributed by atoms with E-state index in [9.17, 15) is 4.79 Å². The third kappa shape index (κ3) is 6.70. The average Bonchev–Trinajstić information content (AvgIpc) is 3.24. The minimum absolute atomic E-state index is 0.0889. The van der Waals surface area contributed by atoms with Gasteiger partial charge < -0.3 is 14.6 Å². The van der Waals surface area contributed by atoms with Gasteiger partial charge in [0.15, 0.2) is 0 Å². The molecule has 0 saturated heterocycles. The molecule has 0 aliphatic heterocycles. The zero-order chi connectivity index (χ0) is 24.3. The third-order valence-corrected chi connectivity index (χ3v) is 5.75. The van der Waals surface area contributed by atoms with Gasteiger partial charge in [0.25, 0.3) is 0 Å². The molecule has 0 unspecified atom stereocenters. The predicted octanol–water partition coefficient (Wildman–Crippen LogP) is 5.61. The van der Waals surface area contributed by atoms with Gasteiger partial charge in [-0.15, -0.1) is 6.58 Å². The first kappa shape index (κ1) is 24.0. The second-order valence-corrected chi connectivity index (χ2v) is 8.26. The molecule has 0 atom stereocenters. The SMILES string of the molecule is C=CCc1ccccc1OCCn1c(CCCNC(=O)/C=C\c2ccccc2)nc2ccccc21. The summed E-state index contributed by atoms with van der Waals surface area (Å²) in [6.45, 7) is 5.67. The van der Waals surface area contributed by atoms with E-state index >= 15 is 0 Å². The van der Waals surface area contributed by atoms with Crippen LogP contribution in [-0.2, 0) is 24.2 Å². The van der Waals surface area contributed by atoms with E-state index in [1.807, 2.05) is 78.9 Å². The van der Waals surface area contributed by atoms with Crippen molar-refractivity contribution in [2.75, 3.05) is 13.2 Å². The fourth-order valence-electron chi connectivity index (χ4n) is 4.03. The fraction of sp³-hybridized carbons (Fsp3) is 0.200. The van der Waals surface area contributed by atoms with Crippen LogP contribution in [0.15, 0.2) is 97.6 Å². The van der Waals surface area contributed by atoms with Crippen molar-refractivity contribution in [2.45, 2.75) is 25.8 Å². The van der Waals surface area contributed by atoms with Gasteiger partial charge in [-0.3, -0.25) is 4.79 Å². The van der Waals surface area contributed by atoms with Crippen molar-refractivity contribution >= 4 is 23.0 Å². The Morgan fingerprint density at radius 1 is 1.00 bits per heavy atom. The van der Waals surface area contributed by atoms with Gasteiger partial charge in [-0.25, -0.2) is 4.98 Å². The molecule has 4 aromatic rings. The van der Waals surface area contributed by atoms with Crippen LogP contribution in [0, 0.1) is 0 Å². The van der Waals surface area contributed by atoms with Crippen molar-refractivity contribution in [1.82, 2.24) is 14.9 Å². The number of hydrogen-bond donors (Lipinski definition) is 1. The van der Waals surface area contributed by atoms with E-state index in [2.05, 4.69) is 28.6 Å². The van der Waals surface area contributed by atoms with E-state index in [0.717, 1.165) is 53.0 Å². The zero-order valence-electron chi connectivity index (χ0n) is 19.9. The molecule has 178 valence electrons. The molecule has 0 aliphatic rings. The molecule has 0 bridgehead atoms.